The second-order valence-corrected chi connectivity index (χ2v) is 4.58. The second kappa shape index (κ2) is 3.72. The van der Waals surface area contributed by atoms with Crippen molar-refractivity contribution in [2.45, 2.75) is 29.7 Å². The molecule has 0 aliphatic heterocycles. The first-order chi connectivity index (χ1) is 6.29. The molecule has 0 atom stereocenters. The predicted molar refractivity (Wildman–Crippen MR) is 58.2 cm³/mol. The van der Waals surface area contributed by atoms with Gasteiger partial charge in [-0.05, 0) is 42.7 Å². The Kier molecular flexibility index (Phi) is 2.61. The van der Waals surface area contributed by atoms with Crippen LogP contribution < -0.4 is 5.73 Å². The molecule has 1 nitrogen and oxygen atoms in total. The van der Waals surface area contributed by atoms with Gasteiger partial charge in [-0.25, -0.2) is 0 Å². The van der Waals surface area contributed by atoms with Crippen molar-refractivity contribution in [3.8, 4) is 0 Å². The van der Waals surface area contributed by atoms with E-state index in [-0.39, 0.29) is 0 Å². The van der Waals surface area contributed by atoms with E-state index in [1.807, 2.05) is 0 Å². The molecular formula is C11H15NS. The van der Waals surface area contributed by atoms with Crippen LogP contribution in [0.1, 0.15) is 24.3 Å². The van der Waals surface area contributed by atoms with Crippen LogP contribution in [0.5, 0.6) is 0 Å². The predicted octanol–water partition coefficient (Wildman–Crippen LogP) is 2.61. The first-order valence-corrected chi connectivity index (χ1v) is 5.91. The van der Waals surface area contributed by atoms with E-state index in [9.17, 15) is 0 Å². The summed E-state index contributed by atoms with van der Waals surface area (Å²) in [6.45, 7) is 0. The quantitative estimate of drug-likeness (QED) is 0.731. The van der Waals surface area contributed by atoms with Crippen LogP contribution in [0.25, 0.3) is 0 Å². The molecule has 0 amide bonds. The Morgan fingerprint density at radius 1 is 1.23 bits per heavy atom. The van der Waals surface area contributed by atoms with Crippen molar-refractivity contribution in [2.24, 2.45) is 5.73 Å². The van der Waals surface area contributed by atoms with Crippen LogP contribution in [0.3, 0.4) is 0 Å². The Morgan fingerprint density at radius 3 is 2.31 bits per heavy atom. The Balaban J connectivity index is 2.06. The zero-order valence-corrected chi connectivity index (χ0v) is 8.68. The molecule has 1 aromatic carbocycles. The normalized spacial score (nSPS) is 26.9. The second-order valence-electron chi connectivity index (χ2n) is 3.70. The van der Waals surface area contributed by atoms with Crippen molar-refractivity contribution in [3.63, 3.8) is 0 Å². The highest BCUT2D eigenvalue weighted by molar-refractivity contribution is 7.98. The number of rotatable bonds is 2. The Labute approximate surface area is 83.7 Å². The average Bonchev–Trinajstić information content (AvgIpc) is 2.13. The van der Waals surface area contributed by atoms with Crippen LogP contribution >= 0.6 is 11.8 Å². The minimum absolute atomic E-state index is 0.449. The molecule has 2 N–H and O–H groups in total. The standard InChI is InChI=1S/C11H15NS/c1-13-11-4-2-8(3-5-11)9-6-10(12)7-9/h2-5,9-10H,6-7,12H2,1H3. The average molecular weight is 193 g/mol. The molecule has 0 aromatic heterocycles. The monoisotopic (exact) mass is 193 g/mol. The third-order valence-corrected chi connectivity index (χ3v) is 3.51. The summed E-state index contributed by atoms with van der Waals surface area (Å²) in [5.74, 6) is 0.728. The molecule has 1 fully saturated rings. The molecular weight excluding hydrogens is 178 g/mol. The van der Waals surface area contributed by atoms with Crippen molar-refractivity contribution in [1.29, 1.82) is 0 Å². The van der Waals surface area contributed by atoms with Crippen molar-refractivity contribution < 1.29 is 0 Å². The van der Waals surface area contributed by atoms with Crippen molar-refractivity contribution in [1.82, 2.24) is 0 Å². The lowest BCUT2D eigenvalue weighted by molar-refractivity contribution is 0.351. The highest BCUT2D eigenvalue weighted by Gasteiger charge is 2.26. The van der Waals surface area contributed by atoms with Gasteiger partial charge in [0.25, 0.3) is 0 Å². The molecule has 0 heterocycles. The molecule has 1 aliphatic rings. The third kappa shape index (κ3) is 1.89. The molecule has 1 aliphatic carbocycles. The fourth-order valence-corrected chi connectivity index (χ4v) is 2.22. The van der Waals surface area contributed by atoms with Crippen molar-refractivity contribution in [2.75, 3.05) is 6.26 Å². The van der Waals surface area contributed by atoms with Gasteiger partial charge in [0.1, 0.15) is 0 Å². The number of nitrogens with two attached hydrogens (primary N) is 1. The molecule has 70 valence electrons. The topological polar surface area (TPSA) is 26.0 Å². The number of thioether (sulfide) groups is 1. The largest absolute Gasteiger partial charge is 0.328 e. The van der Waals surface area contributed by atoms with Crippen molar-refractivity contribution in [3.05, 3.63) is 29.8 Å². The Morgan fingerprint density at radius 2 is 1.85 bits per heavy atom. The lowest BCUT2D eigenvalue weighted by Crippen LogP contribution is -2.34. The van der Waals surface area contributed by atoms with E-state index in [4.69, 9.17) is 5.73 Å². The fourth-order valence-electron chi connectivity index (χ4n) is 1.81. The lowest BCUT2D eigenvalue weighted by atomic mass is 9.76. The summed E-state index contributed by atoms with van der Waals surface area (Å²) in [5.41, 5.74) is 7.22. The van der Waals surface area contributed by atoms with Crippen LogP contribution in [0.15, 0.2) is 29.2 Å². The van der Waals surface area contributed by atoms with Crippen LogP contribution in [0.4, 0.5) is 0 Å². The number of hydrogen-bond acceptors (Lipinski definition) is 2. The van der Waals surface area contributed by atoms with E-state index in [0.29, 0.717) is 6.04 Å². The summed E-state index contributed by atoms with van der Waals surface area (Å²) < 4.78 is 0. The summed E-state index contributed by atoms with van der Waals surface area (Å²) >= 11 is 1.79. The molecule has 2 heteroatoms. The highest BCUT2D eigenvalue weighted by Crippen LogP contribution is 2.35. The summed E-state index contributed by atoms with van der Waals surface area (Å²) in [7, 11) is 0. The smallest absolute Gasteiger partial charge is 0.00693 e. The maximum Gasteiger partial charge on any atom is 0.00693 e. The van der Waals surface area contributed by atoms with Gasteiger partial charge in [0.15, 0.2) is 0 Å². The lowest BCUT2D eigenvalue weighted by Gasteiger charge is -2.32. The van der Waals surface area contributed by atoms with Gasteiger partial charge in [0.05, 0.1) is 0 Å². The molecule has 0 radical (unpaired) electrons. The van der Waals surface area contributed by atoms with E-state index < -0.39 is 0 Å². The number of benzene rings is 1. The van der Waals surface area contributed by atoms with Gasteiger partial charge in [-0.2, -0.15) is 0 Å². The zero-order chi connectivity index (χ0) is 9.26. The van der Waals surface area contributed by atoms with Crippen LogP contribution in [-0.2, 0) is 0 Å². The van der Waals surface area contributed by atoms with Gasteiger partial charge in [-0.1, -0.05) is 12.1 Å². The molecule has 0 saturated heterocycles. The SMILES string of the molecule is CSc1ccc(C2CC(N)C2)cc1. The van der Waals surface area contributed by atoms with E-state index in [1.165, 1.54) is 23.3 Å². The highest BCUT2D eigenvalue weighted by atomic mass is 32.2. The van der Waals surface area contributed by atoms with Gasteiger partial charge in [-0.3, -0.25) is 0 Å². The summed E-state index contributed by atoms with van der Waals surface area (Å²) in [4.78, 5) is 1.34. The maximum absolute atomic E-state index is 5.76. The van der Waals surface area contributed by atoms with Crippen LogP contribution in [0, 0.1) is 0 Å². The Hall–Kier alpha value is -0.470. The molecule has 0 bridgehead atoms. The van der Waals surface area contributed by atoms with Crippen LogP contribution in [-0.4, -0.2) is 12.3 Å². The van der Waals surface area contributed by atoms with E-state index in [1.54, 1.807) is 11.8 Å². The molecule has 1 saturated carbocycles. The van der Waals surface area contributed by atoms with Gasteiger partial charge in [0.2, 0.25) is 0 Å². The number of hydrogen-bond donors (Lipinski definition) is 1. The van der Waals surface area contributed by atoms with Crippen LogP contribution in [0.2, 0.25) is 0 Å². The molecule has 0 unspecified atom stereocenters. The van der Waals surface area contributed by atoms with E-state index >= 15 is 0 Å². The third-order valence-electron chi connectivity index (χ3n) is 2.76. The van der Waals surface area contributed by atoms with Gasteiger partial charge >= 0.3 is 0 Å². The van der Waals surface area contributed by atoms with E-state index in [0.717, 1.165) is 5.92 Å². The molecule has 1 aromatic rings. The summed E-state index contributed by atoms with van der Waals surface area (Å²) in [6, 6.07) is 9.32. The van der Waals surface area contributed by atoms with Gasteiger partial charge in [0, 0.05) is 10.9 Å². The summed E-state index contributed by atoms with van der Waals surface area (Å²) in [5, 5.41) is 0. The molecule has 2 rings (SSSR count). The minimum Gasteiger partial charge on any atom is -0.328 e. The first-order valence-electron chi connectivity index (χ1n) is 4.69. The van der Waals surface area contributed by atoms with Gasteiger partial charge < -0.3 is 5.73 Å². The maximum atomic E-state index is 5.76. The summed E-state index contributed by atoms with van der Waals surface area (Å²) in [6.07, 6.45) is 4.44. The zero-order valence-electron chi connectivity index (χ0n) is 7.86. The first kappa shape index (κ1) is 9.10. The minimum atomic E-state index is 0.449. The Bertz CT molecular complexity index is 275. The fraction of sp³-hybridized carbons (Fsp3) is 0.455. The molecule has 13 heavy (non-hydrogen) atoms. The molecule has 0 spiro atoms. The van der Waals surface area contributed by atoms with Gasteiger partial charge in [-0.15, -0.1) is 11.8 Å². The van der Waals surface area contributed by atoms with Crippen molar-refractivity contribution >= 4 is 11.8 Å². The van der Waals surface area contributed by atoms with E-state index in [2.05, 4.69) is 30.5 Å².